The lowest BCUT2D eigenvalue weighted by Gasteiger charge is -2.14. The fraction of sp³-hybridized carbons (Fsp3) is 0.0500. The van der Waals surface area contributed by atoms with Crippen LogP contribution in [0, 0.1) is 28.5 Å². The van der Waals surface area contributed by atoms with Gasteiger partial charge in [0, 0.05) is 5.56 Å². The number of ether oxygens (including phenoxy) is 1. The predicted octanol–water partition coefficient (Wildman–Crippen LogP) is 3.09. The molecule has 27 heavy (non-hydrogen) atoms. The summed E-state index contributed by atoms with van der Waals surface area (Å²) in [5.74, 6) is -0.0255. The Morgan fingerprint density at radius 2 is 1.70 bits per heavy atom. The Morgan fingerprint density at radius 3 is 2.37 bits per heavy atom. The molecule has 132 valence electrons. The number of anilines is 1. The van der Waals surface area contributed by atoms with E-state index in [4.69, 9.17) is 10.5 Å². The topological polar surface area (TPSA) is 116 Å². The molecule has 0 saturated heterocycles. The van der Waals surface area contributed by atoms with Gasteiger partial charge in [0.15, 0.2) is 0 Å². The highest BCUT2D eigenvalue weighted by atomic mass is 19.1. The zero-order chi connectivity index (χ0) is 19.4. The fourth-order valence-corrected chi connectivity index (χ4v) is 2.69. The van der Waals surface area contributed by atoms with Crippen LogP contribution in [-0.2, 0) is 6.61 Å². The zero-order valence-corrected chi connectivity index (χ0v) is 14.0. The van der Waals surface area contributed by atoms with E-state index in [2.05, 4.69) is 4.98 Å². The van der Waals surface area contributed by atoms with Crippen LogP contribution in [0.3, 0.4) is 0 Å². The molecule has 0 saturated carbocycles. The lowest BCUT2D eigenvalue weighted by molar-refractivity contribution is 0.306. The maximum atomic E-state index is 13.0. The Labute approximate surface area is 153 Å². The van der Waals surface area contributed by atoms with Crippen LogP contribution in [0.4, 0.5) is 10.2 Å². The summed E-state index contributed by atoms with van der Waals surface area (Å²) in [4.78, 5) is 14.4. The Balaban J connectivity index is 2.10. The van der Waals surface area contributed by atoms with Crippen molar-refractivity contribution in [3.63, 3.8) is 0 Å². The summed E-state index contributed by atoms with van der Waals surface area (Å²) in [5.41, 5.74) is 6.21. The number of halogens is 1. The number of H-pyrrole nitrogens is 1. The number of aromatic amines is 1. The molecular formula is C20H13FN4O2. The highest BCUT2D eigenvalue weighted by Gasteiger charge is 2.20. The highest BCUT2D eigenvalue weighted by Crippen LogP contribution is 2.31. The number of nitrogens with two attached hydrogens (primary N) is 1. The summed E-state index contributed by atoms with van der Waals surface area (Å²) in [7, 11) is 0. The number of nitrogens with zero attached hydrogens (tertiary/aromatic N) is 2. The number of nitriles is 2. The van der Waals surface area contributed by atoms with Crippen LogP contribution < -0.4 is 16.0 Å². The average Bonchev–Trinajstić information content (AvgIpc) is 2.67. The van der Waals surface area contributed by atoms with Gasteiger partial charge in [-0.15, -0.1) is 0 Å². The van der Waals surface area contributed by atoms with Crippen molar-refractivity contribution in [1.29, 1.82) is 10.5 Å². The molecule has 0 bridgehead atoms. The molecule has 0 atom stereocenters. The molecule has 3 aromatic rings. The lowest BCUT2D eigenvalue weighted by Crippen LogP contribution is -2.16. The van der Waals surface area contributed by atoms with E-state index < -0.39 is 5.56 Å². The van der Waals surface area contributed by atoms with Crippen molar-refractivity contribution < 1.29 is 9.13 Å². The van der Waals surface area contributed by atoms with Gasteiger partial charge >= 0.3 is 0 Å². The first-order chi connectivity index (χ1) is 13.0. The number of nitrogens with one attached hydrogen (secondary N) is 1. The largest absolute Gasteiger partial charge is 0.489 e. The first-order valence-corrected chi connectivity index (χ1v) is 7.87. The van der Waals surface area contributed by atoms with Crippen LogP contribution in [0.2, 0.25) is 0 Å². The molecule has 6 nitrogen and oxygen atoms in total. The molecule has 1 heterocycles. The smallest absolute Gasteiger partial charge is 0.268 e. The van der Waals surface area contributed by atoms with E-state index in [0.29, 0.717) is 16.9 Å². The molecule has 3 N–H and O–H groups in total. The third kappa shape index (κ3) is 3.48. The minimum atomic E-state index is -0.668. The number of benzene rings is 2. The van der Waals surface area contributed by atoms with Crippen molar-refractivity contribution in [2.75, 3.05) is 5.73 Å². The average molecular weight is 360 g/mol. The molecule has 0 aliphatic carbocycles. The number of hydrogen-bond acceptors (Lipinski definition) is 5. The highest BCUT2D eigenvalue weighted by molar-refractivity contribution is 5.81. The maximum absolute atomic E-state index is 13.0. The second-order valence-corrected chi connectivity index (χ2v) is 5.62. The Kier molecular flexibility index (Phi) is 4.87. The fourth-order valence-electron chi connectivity index (χ4n) is 2.69. The number of aromatic nitrogens is 1. The van der Waals surface area contributed by atoms with Gasteiger partial charge in [-0.25, -0.2) is 4.39 Å². The van der Waals surface area contributed by atoms with E-state index in [1.54, 1.807) is 24.3 Å². The molecule has 1 aromatic heterocycles. The minimum Gasteiger partial charge on any atom is -0.489 e. The minimum absolute atomic E-state index is 0.0142. The molecule has 7 heteroatoms. The number of hydrogen-bond donors (Lipinski definition) is 2. The van der Waals surface area contributed by atoms with Gasteiger partial charge in [0.05, 0.1) is 0 Å². The first-order valence-electron chi connectivity index (χ1n) is 7.87. The summed E-state index contributed by atoms with van der Waals surface area (Å²) in [6.07, 6.45) is 0. The zero-order valence-electron chi connectivity index (χ0n) is 14.0. The van der Waals surface area contributed by atoms with E-state index in [9.17, 15) is 19.7 Å². The van der Waals surface area contributed by atoms with E-state index in [1.165, 1.54) is 24.3 Å². The normalized spacial score (nSPS) is 10.0. The number of pyridine rings is 1. The number of nitrogen functional groups attached to an aromatic ring is 1. The van der Waals surface area contributed by atoms with Crippen molar-refractivity contribution in [3.8, 4) is 29.0 Å². The molecule has 0 amide bonds. The van der Waals surface area contributed by atoms with Crippen LogP contribution in [0.5, 0.6) is 5.75 Å². The van der Waals surface area contributed by atoms with Gasteiger partial charge in [0.1, 0.15) is 47.3 Å². The van der Waals surface area contributed by atoms with E-state index >= 15 is 0 Å². The Hall–Kier alpha value is -4.10. The van der Waals surface area contributed by atoms with Gasteiger partial charge in [-0.05, 0) is 35.4 Å². The van der Waals surface area contributed by atoms with Crippen molar-refractivity contribution in [2.24, 2.45) is 0 Å². The van der Waals surface area contributed by atoms with Gasteiger partial charge in [-0.2, -0.15) is 10.5 Å². The van der Waals surface area contributed by atoms with E-state index in [-0.39, 0.29) is 34.9 Å². The standard InChI is InChI=1S/C20H13FN4O2/c21-13-5-7-14(8-6-13)27-11-12-3-1-2-4-15(12)18-16(9-22)19(24)25-20(26)17(18)10-23/h1-8H,11H2,(H3,24,25,26). The van der Waals surface area contributed by atoms with Gasteiger partial charge in [-0.1, -0.05) is 24.3 Å². The summed E-state index contributed by atoms with van der Waals surface area (Å²) in [5, 5.41) is 18.9. The molecule has 3 rings (SSSR count). The van der Waals surface area contributed by atoms with Gasteiger partial charge in [0.2, 0.25) is 0 Å². The molecule has 0 fully saturated rings. The molecule has 0 aliphatic heterocycles. The molecule has 0 aliphatic rings. The van der Waals surface area contributed by atoms with E-state index in [1.807, 2.05) is 12.1 Å². The van der Waals surface area contributed by atoms with Crippen molar-refractivity contribution in [2.45, 2.75) is 6.61 Å². The molecule has 0 unspecified atom stereocenters. The van der Waals surface area contributed by atoms with Crippen LogP contribution in [-0.4, -0.2) is 4.98 Å². The third-order valence-electron chi connectivity index (χ3n) is 3.96. The van der Waals surface area contributed by atoms with Crippen molar-refractivity contribution in [3.05, 3.63) is 81.4 Å². The quantitative estimate of drug-likeness (QED) is 0.742. The Bertz CT molecular complexity index is 1140. The van der Waals surface area contributed by atoms with Crippen LogP contribution in [0.15, 0.2) is 53.3 Å². The lowest BCUT2D eigenvalue weighted by atomic mass is 9.93. The SMILES string of the molecule is N#Cc1c(N)[nH]c(=O)c(C#N)c1-c1ccccc1COc1ccc(F)cc1. The van der Waals surface area contributed by atoms with Crippen LogP contribution in [0.1, 0.15) is 16.7 Å². The molecule has 2 aromatic carbocycles. The summed E-state index contributed by atoms with van der Waals surface area (Å²) in [6, 6.07) is 16.2. The number of rotatable bonds is 4. The maximum Gasteiger partial charge on any atom is 0.268 e. The second-order valence-electron chi connectivity index (χ2n) is 5.62. The Morgan fingerprint density at radius 1 is 1.04 bits per heavy atom. The van der Waals surface area contributed by atoms with Gasteiger partial charge in [-0.3, -0.25) is 4.79 Å². The van der Waals surface area contributed by atoms with Gasteiger partial charge < -0.3 is 15.5 Å². The van der Waals surface area contributed by atoms with Crippen LogP contribution in [0.25, 0.3) is 11.1 Å². The monoisotopic (exact) mass is 360 g/mol. The third-order valence-corrected chi connectivity index (χ3v) is 3.96. The first kappa shape index (κ1) is 17.7. The summed E-state index contributed by atoms with van der Waals surface area (Å²) in [6.45, 7) is 0.0875. The molecule has 0 radical (unpaired) electrons. The van der Waals surface area contributed by atoms with Crippen LogP contribution >= 0.6 is 0 Å². The second kappa shape index (κ2) is 7.42. The predicted molar refractivity (Wildman–Crippen MR) is 97.1 cm³/mol. The molecular weight excluding hydrogens is 347 g/mol. The van der Waals surface area contributed by atoms with Gasteiger partial charge in [0.25, 0.3) is 5.56 Å². The van der Waals surface area contributed by atoms with E-state index in [0.717, 1.165) is 0 Å². The molecule has 0 spiro atoms. The van der Waals surface area contributed by atoms with Crippen molar-refractivity contribution >= 4 is 5.82 Å². The van der Waals surface area contributed by atoms with Crippen molar-refractivity contribution in [1.82, 2.24) is 4.98 Å². The summed E-state index contributed by atoms with van der Waals surface area (Å²) >= 11 is 0. The summed E-state index contributed by atoms with van der Waals surface area (Å²) < 4.78 is 18.7.